The molecule has 104 valence electrons. The molecule has 19 heavy (non-hydrogen) atoms. The van der Waals surface area contributed by atoms with Gasteiger partial charge in [-0.05, 0) is 24.1 Å². The summed E-state index contributed by atoms with van der Waals surface area (Å²) in [6.45, 7) is 1.31. The van der Waals surface area contributed by atoms with Gasteiger partial charge in [0.2, 0.25) is 10.0 Å². The Morgan fingerprint density at radius 2 is 2.21 bits per heavy atom. The third-order valence-corrected chi connectivity index (χ3v) is 4.50. The summed E-state index contributed by atoms with van der Waals surface area (Å²) in [7, 11) is -3.59. The fourth-order valence-corrected chi connectivity index (χ4v) is 3.13. The standard InChI is InChI=1S/C12H15FN2O3S/c1-2-14-19(17,18)10-4-3-8-5-9(7-13)15-12(16)11(8)6-10/h3-4,6,9,14H,2,5,7H2,1H3,(H,15,16). The Balaban J connectivity index is 2.40. The number of carbonyl (C=O) groups excluding carboxylic acids is 1. The van der Waals surface area contributed by atoms with Crippen molar-refractivity contribution in [1.29, 1.82) is 0 Å². The maximum absolute atomic E-state index is 12.6. The lowest BCUT2D eigenvalue weighted by Crippen LogP contribution is -2.42. The molecular formula is C12H15FN2O3S. The van der Waals surface area contributed by atoms with Crippen LogP contribution in [0.15, 0.2) is 23.1 Å². The molecule has 2 N–H and O–H groups in total. The second-order valence-corrected chi connectivity index (χ2v) is 6.12. The van der Waals surface area contributed by atoms with Gasteiger partial charge in [-0.2, -0.15) is 0 Å². The first-order valence-electron chi connectivity index (χ1n) is 5.97. The number of alkyl halides is 1. The molecule has 0 spiro atoms. The van der Waals surface area contributed by atoms with Gasteiger partial charge in [-0.25, -0.2) is 17.5 Å². The Morgan fingerprint density at radius 1 is 1.47 bits per heavy atom. The number of hydrogen-bond donors (Lipinski definition) is 2. The van der Waals surface area contributed by atoms with Gasteiger partial charge in [-0.15, -0.1) is 0 Å². The van der Waals surface area contributed by atoms with E-state index >= 15 is 0 Å². The van der Waals surface area contributed by atoms with Crippen LogP contribution in [0.25, 0.3) is 0 Å². The summed E-state index contributed by atoms with van der Waals surface area (Å²) in [5, 5.41) is 2.50. The Bertz CT molecular complexity index is 601. The topological polar surface area (TPSA) is 75.3 Å². The Hall–Kier alpha value is -1.47. The van der Waals surface area contributed by atoms with E-state index in [-0.39, 0.29) is 11.4 Å². The largest absolute Gasteiger partial charge is 0.346 e. The molecule has 1 aromatic carbocycles. The number of sulfonamides is 1. The van der Waals surface area contributed by atoms with Crippen LogP contribution in [0.4, 0.5) is 4.39 Å². The minimum absolute atomic E-state index is 0.0435. The van der Waals surface area contributed by atoms with Crippen molar-refractivity contribution in [2.75, 3.05) is 13.2 Å². The zero-order valence-corrected chi connectivity index (χ0v) is 11.3. The molecule has 1 aliphatic heterocycles. The molecule has 1 unspecified atom stereocenters. The van der Waals surface area contributed by atoms with Gasteiger partial charge in [0.05, 0.1) is 10.9 Å². The Labute approximate surface area is 111 Å². The number of hydrogen-bond acceptors (Lipinski definition) is 3. The van der Waals surface area contributed by atoms with Gasteiger partial charge >= 0.3 is 0 Å². The highest BCUT2D eigenvalue weighted by atomic mass is 32.2. The SMILES string of the molecule is CCNS(=O)(=O)c1ccc2c(c1)C(=O)NC(CF)C2. The van der Waals surface area contributed by atoms with Crippen molar-refractivity contribution in [3.05, 3.63) is 29.3 Å². The molecule has 0 saturated carbocycles. The van der Waals surface area contributed by atoms with Crippen LogP contribution in [0.2, 0.25) is 0 Å². The van der Waals surface area contributed by atoms with E-state index in [2.05, 4.69) is 10.0 Å². The van der Waals surface area contributed by atoms with E-state index < -0.39 is 28.6 Å². The van der Waals surface area contributed by atoms with E-state index in [1.54, 1.807) is 13.0 Å². The molecule has 0 radical (unpaired) electrons. The smallest absolute Gasteiger partial charge is 0.251 e. The van der Waals surface area contributed by atoms with Crippen molar-refractivity contribution in [3.8, 4) is 0 Å². The van der Waals surface area contributed by atoms with Crippen molar-refractivity contribution in [3.63, 3.8) is 0 Å². The van der Waals surface area contributed by atoms with Crippen molar-refractivity contribution in [2.24, 2.45) is 0 Å². The zero-order valence-electron chi connectivity index (χ0n) is 10.4. The lowest BCUT2D eigenvalue weighted by atomic mass is 9.96. The summed E-state index contributed by atoms with van der Waals surface area (Å²) in [4.78, 5) is 11.8. The molecule has 1 aliphatic rings. The summed E-state index contributed by atoms with van der Waals surface area (Å²) in [6.07, 6.45) is 0.374. The van der Waals surface area contributed by atoms with E-state index in [0.29, 0.717) is 17.5 Å². The summed E-state index contributed by atoms with van der Waals surface area (Å²) < 4.78 is 38.6. The lowest BCUT2D eigenvalue weighted by molar-refractivity contribution is 0.0917. The average Bonchev–Trinajstić information content (AvgIpc) is 2.38. The molecule has 0 aromatic heterocycles. The molecular weight excluding hydrogens is 271 g/mol. The first-order valence-corrected chi connectivity index (χ1v) is 7.45. The molecule has 1 amide bonds. The zero-order chi connectivity index (χ0) is 14.0. The summed E-state index contributed by atoms with van der Waals surface area (Å²) in [5.41, 5.74) is 0.963. The summed E-state index contributed by atoms with van der Waals surface area (Å²) in [5.74, 6) is -0.433. The van der Waals surface area contributed by atoms with Crippen molar-refractivity contribution < 1.29 is 17.6 Å². The molecule has 1 heterocycles. The number of halogens is 1. The minimum Gasteiger partial charge on any atom is -0.346 e. The minimum atomic E-state index is -3.59. The Morgan fingerprint density at radius 3 is 2.84 bits per heavy atom. The third-order valence-electron chi connectivity index (χ3n) is 2.96. The van der Waals surface area contributed by atoms with Gasteiger partial charge in [0.1, 0.15) is 6.67 Å². The molecule has 2 rings (SSSR count). The average molecular weight is 286 g/mol. The van der Waals surface area contributed by atoms with E-state index in [1.165, 1.54) is 12.1 Å². The van der Waals surface area contributed by atoms with Gasteiger partial charge in [-0.3, -0.25) is 4.79 Å². The molecule has 7 heteroatoms. The molecule has 0 aliphatic carbocycles. The first kappa shape index (κ1) is 14.0. The van der Waals surface area contributed by atoms with Crippen molar-refractivity contribution in [2.45, 2.75) is 24.3 Å². The van der Waals surface area contributed by atoms with Crippen LogP contribution in [0.1, 0.15) is 22.8 Å². The number of benzene rings is 1. The molecule has 0 bridgehead atoms. The highest BCUT2D eigenvalue weighted by Crippen LogP contribution is 2.21. The van der Waals surface area contributed by atoms with Crippen LogP contribution < -0.4 is 10.0 Å². The maximum atomic E-state index is 12.6. The predicted molar refractivity (Wildman–Crippen MR) is 68.2 cm³/mol. The summed E-state index contributed by atoms with van der Waals surface area (Å²) >= 11 is 0. The predicted octanol–water partition coefficient (Wildman–Crippen LogP) is 0.609. The number of nitrogens with one attached hydrogen (secondary N) is 2. The molecule has 5 nitrogen and oxygen atoms in total. The quantitative estimate of drug-likeness (QED) is 0.851. The number of amides is 1. The van der Waals surface area contributed by atoms with E-state index in [4.69, 9.17) is 0 Å². The van der Waals surface area contributed by atoms with Crippen LogP contribution in [0, 0.1) is 0 Å². The highest BCUT2D eigenvalue weighted by Gasteiger charge is 2.26. The molecule has 0 fully saturated rings. The highest BCUT2D eigenvalue weighted by molar-refractivity contribution is 7.89. The fraction of sp³-hybridized carbons (Fsp3) is 0.417. The van der Waals surface area contributed by atoms with Crippen LogP contribution in [0.5, 0.6) is 0 Å². The number of fused-ring (bicyclic) bond motifs is 1. The van der Waals surface area contributed by atoms with Gasteiger partial charge in [0.15, 0.2) is 0 Å². The van der Waals surface area contributed by atoms with Crippen LogP contribution >= 0.6 is 0 Å². The normalized spacial score (nSPS) is 18.8. The maximum Gasteiger partial charge on any atom is 0.251 e. The number of carbonyl (C=O) groups is 1. The second-order valence-electron chi connectivity index (χ2n) is 4.35. The van der Waals surface area contributed by atoms with E-state index in [9.17, 15) is 17.6 Å². The number of rotatable bonds is 4. The molecule has 1 atom stereocenters. The summed E-state index contributed by atoms with van der Waals surface area (Å²) in [6, 6.07) is 3.80. The van der Waals surface area contributed by atoms with Crippen LogP contribution in [0.3, 0.4) is 0 Å². The first-order chi connectivity index (χ1) is 8.97. The van der Waals surface area contributed by atoms with Gasteiger partial charge in [0, 0.05) is 12.1 Å². The Kier molecular flexibility index (Phi) is 3.86. The van der Waals surface area contributed by atoms with Gasteiger partial charge in [-0.1, -0.05) is 13.0 Å². The van der Waals surface area contributed by atoms with Crippen molar-refractivity contribution in [1.82, 2.24) is 10.0 Å². The monoisotopic (exact) mass is 286 g/mol. The van der Waals surface area contributed by atoms with Gasteiger partial charge in [0.25, 0.3) is 5.91 Å². The molecule has 1 aromatic rings. The third kappa shape index (κ3) is 2.76. The van der Waals surface area contributed by atoms with E-state index in [0.717, 1.165) is 0 Å². The van der Waals surface area contributed by atoms with E-state index in [1.807, 2.05) is 0 Å². The van der Waals surface area contributed by atoms with Crippen molar-refractivity contribution >= 4 is 15.9 Å². The lowest BCUT2D eigenvalue weighted by Gasteiger charge is -2.23. The van der Waals surface area contributed by atoms with Gasteiger partial charge < -0.3 is 5.32 Å². The van der Waals surface area contributed by atoms with Crippen LogP contribution in [-0.2, 0) is 16.4 Å². The fourth-order valence-electron chi connectivity index (χ4n) is 2.06. The molecule has 0 saturated heterocycles. The van der Waals surface area contributed by atoms with Crippen LogP contribution in [-0.4, -0.2) is 33.6 Å². The second kappa shape index (κ2) is 5.26.